The molecular weight excluding hydrogens is 278 g/mol. The van der Waals surface area contributed by atoms with Crippen LogP contribution >= 0.6 is 12.2 Å². The van der Waals surface area contributed by atoms with E-state index in [0.29, 0.717) is 16.9 Å². The number of nitro groups is 1. The van der Waals surface area contributed by atoms with E-state index >= 15 is 0 Å². The van der Waals surface area contributed by atoms with Gasteiger partial charge in [0.25, 0.3) is 5.69 Å². The minimum absolute atomic E-state index is 0.0516. The van der Waals surface area contributed by atoms with Crippen LogP contribution in [0.4, 0.5) is 5.69 Å². The first-order valence-electron chi connectivity index (χ1n) is 5.99. The Kier molecular flexibility index (Phi) is 4.04. The van der Waals surface area contributed by atoms with Crippen molar-refractivity contribution in [2.45, 2.75) is 20.3 Å². The van der Waals surface area contributed by atoms with Gasteiger partial charge in [-0.2, -0.15) is 14.9 Å². The lowest BCUT2D eigenvalue weighted by molar-refractivity contribution is -0.384. The number of aromatic amines is 1. The summed E-state index contributed by atoms with van der Waals surface area (Å²) >= 11 is 5.11. The molecule has 20 heavy (non-hydrogen) atoms. The SMILES string of the molecule is CCc1n[nH]c(=S)n1/N=C(\C)c1ccc([N+](=O)[O-])cc1. The van der Waals surface area contributed by atoms with Crippen molar-refractivity contribution in [3.63, 3.8) is 0 Å². The van der Waals surface area contributed by atoms with E-state index in [0.717, 1.165) is 11.4 Å². The van der Waals surface area contributed by atoms with Crippen LogP contribution in [0.15, 0.2) is 29.4 Å². The molecule has 8 heteroatoms. The molecule has 2 aromatic rings. The number of nitro benzene ring substituents is 1. The van der Waals surface area contributed by atoms with Crippen LogP contribution in [-0.4, -0.2) is 25.5 Å². The fraction of sp³-hybridized carbons (Fsp3) is 0.250. The monoisotopic (exact) mass is 291 g/mol. The van der Waals surface area contributed by atoms with E-state index in [9.17, 15) is 10.1 Å². The number of non-ortho nitro benzene ring substituents is 1. The molecule has 0 aliphatic carbocycles. The van der Waals surface area contributed by atoms with Crippen LogP contribution in [-0.2, 0) is 6.42 Å². The number of nitrogens with zero attached hydrogens (tertiary/aromatic N) is 4. The molecule has 1 aromatic carbocycles. The highest BCUT2D eigenvalue weighted by Gasteiger charge is 2.07. The van der Waals surface area contributed by atoms with E-state index < -0.39 is 4.92 Å². The normalized spacial score (nSPS) is 11.6. The Hall–Kier alpha value is -2.35. The molecule has 0 bridgehead atoms. The van der Waals surface area contributed by atoms with E-state index in [4.69, 9.17) is 12.2 Å². The molecule has 2 rings (SSSR count). The fourth-order valence-electron chi connectivity index (χ4n) is 1.69. The number of benzene rings is 1. The van der Waals surface area contributed by atoms with Crippen LogP contribution < -0.4 is 0 Å². The molecule has 0 amide bonds. The van der Waals surface area contributed by atoms with Gasteiger partial charge >= 0.3 is 0 Å². The second-order valence-electron chi connectivity index (χ2n) is 4.10. The zero-order valence-corrected chi connectivity index (χ0v) is 11.8. The van der Waals surface area contributed by atoms with Crippen LogP contribution in [0.5, 0.6) is 0 Å². The first-order chi connectivity index (χ1) is 9.52. The van der Waals surface area contributed by atoms with Crippen LogP contribution in [0, 0.1) is 14.9 Å². The van der Waals surface area contributed by atoms with Crippen molar-refractivity contribution in [2.24, 2.45) is 5.10 Å². The standard InChI is InChI=1S/C12H13N5O2S/c1-3-11-13-14-12(20)16(11)15-8(2)9-4-6-10(7-5-9)17(18)19/h4-7H,3H2,1-2H3,(H,14,20)/b15-8+. The average molecular weight is 291 g/mol. The lowest BCUT2D eigenvalue weighted by atomic mass is 10.1. The highest BCUT2D eigenvalue weighted by Crippen LogP contribution is 2.13. The van der Waals surface area contributed by atoms with Crippen molar-refractivity contribution in [3.05, 3.63) is 50.5 Å². The molecule has 0 atom stereocenters. The average Bonchev–Trinajstić information content (AvgIpc) is 2.79. The second kappa shape index (κ2) is 5.74. The van der Waals surface area contributed by atoms with E-state index in [1.54, 1.807) is 16.8 Å². The Labute approximate surface area is 120 Å². The van der Waals surface area contributed by atoms with Crippen molar-refractivity contribution < 1.29 is 4.92 Å². The summed E-state index contributed by atoms with van der Waals surface area (Å²) in [6, 6.07) is 6.21. The maximum atomic E-state index is 10.6. The Morgan fingerprint density at radius 2 is 2.15 bits per heavy atom. The van der Waals surface area contributed by atoms with Gasteiger partial charge in [0.15, 0.2) is 5.82 Å². The molecule has 0 saturated heterocycles. The summed E-state index contributed by atoms with van der Waals surface area (Å²) in [6.45, 7) is 3.77. The van der Waals surface area contributed by atoms with Gasteiger partial charge < -0.3 is 0 Å². The Bertz CT molecular complexity index is 714. The third-order valence-corrected chi connectivity index (χ3v) is 3.04. The van der Waals surface area contributed by atoms with E-state index in [-0.39, 0.29) is 5.69 Å². The lowest BCUT2D eigenvalue weighted by Gasteiger charge is -2.02. The Morgan fingerprint density at radius 1 is 1.50 bits per heavy atom. The van der Waals surface area contributed by atoms with Gasteiger partial charge in [-0.05, 0) is 36.8 Å². The van der Waals surface area contributed by atoms with E-state index in [1.165, 1.54) is 12.1 Å². The van der Waals surface area contributed by atoms with Gasteiger partial charge in [-0.3, -0.25) is 15.2 Å². The quantitative estimate of drug-likeness (QED) is 0.406. The highest BCUT2D eigenvalue weighted by atomic mass is 32.1. The molecule has 104 valence electrons. The number of hydrogen-bond donors (Lipinski definition) is 1. The number of rotatable bonds is 4. The minimum atomic E-state index is -0.433. The summed E-state index contributed by atoms with van der Waals surface area (Å²) in [6.07, 6.45) is 0.699. The van der Waals surface area contributed by atoms with Gasteiger partial charge in [-0.15, -0.1) is 0 Å². The Balaban J connectivity index is 2.37. The first kappa shape index (κ1) is 14.1. The van der Waals surface area contributed by atoms with Crippen molar-refractivity contribution >= 4 is 23.6 Å². The molecular formula is C12H13N5O2S. The number of aryl methyl sites for hydroxylation is 1. The van der Waals surface area contributed by atoms with Crippen molar-refractivity contribution in [3.8, 4) is 0 Å². The van der Waals surface area contributed by atoms with Gasteiger partial charge in [0.05, 0.1) is 10.6 Å². The summed E-state index contributed by atoms with van der Waals surface area (Å²) in [7, 11) is 0. The maximum Gasteiger partial charge on any atom is 0.269 e. The predicted octanol–water partition coefficient (Wildman–Crippen LogP) is 2.68. The van der Waals surface area contributed by atoms with Gasteiger partial charge in [0, 0.05) is 18.6 Å². The number of H-pyrrole nitrogens is 1. The molecule has 1 aromatic heterocycles. The summed E-state index contributed by atoms with van der Waals surface area (Å²) in [5.74, 6) is 0.733. The van der Waals surface area contributed by atoms with E-state index in [1.807, 2.05) is 13.8 Å². The summed E-state index contributed by atoms with van der Waals surface area (Å²) in [5.41, 5.74) is 1.54. The molecule has 0 saturated carbocycles. The van der Waals surface area contributed by atoms with Gasteiger partial charge in [-0.25, -0.2) is 0 Å². The molecule has 0 radical (unpaired) electrons. The largest absolute Gasteiger partial charge is 0.269 e. The Morgan fingerprint density at radius 3 is 2.70 bits per heavy atom. The van der Waals surface area contributed by atoms with Gasteiger partial charge in [0.2, 0.25) is 4.77 Å². The van der Waals surface area contributed by atoms with E-state index in [2.05, 4.69) is 15.3 Å². The van der Waals surface area contributed by atoms with Crippen LogP contribution in [0.1, 0.15) is 25.2 Å². The topological polar surface area (TPSA) is 89.1 Å². The fourth-order valence-corrected chi connectivity index (χ4v) is 1.88. The molecule has 0 aliphatic heterocycles. The number of hydrogen-bond acceptors (Lipinski definition) is 5. The zero-order valence-electron chi connectivity index (χ0n) is 11.0. The molecule has 1 heterocycles. The maximum absolute atomic E-state index is 10.6. The third-order valence-electron chi connectivity index (χ3n) is 2.78. The molecule has 0 unspecified atom stereocenters. The van der Waals surface area contributed by atoms with Crippen molar-refractivity contribution in [1.82, 2.24) is 14.9 Å². The zero-order chi connectivity index (χ0) is 14.7. The smallest absolute Gasteiger partial charge is 0.258 e. The molecule has 0 aliphatic rings. The molecule has 7 nitrogen and oxygen atoms in total. The third kappa shape index (κ3) is 2.80. The minimum Gasteiger partial charge on any atom is -0.258 e. The molecule has 1 N–H and O–H groups in total. The predicted molar refractivity (Wildman–Crippen MR) is 77.5 cm³/mol. The van der Waals surface area contributed by atoms with Crippen LogP contribution in [0.3, 0.4) is 0 Å². The number of nitrogens with one attached hydrogen (secondary N) is 1. The molecule has 0 fully saturated rings. The van der Waals surface area contributed by atoms with Gasteiger partial charge in [0.1, 0.15) is 0 Å². The van der Waals surface area contributed by atoms with Gasteiger partial charge in [-0.1, -0.05) is 6.92 Å². The van der Waals surface area contributed by atoms with Crippen LogP contribution in [0.25, 0.3) is 0 Å². The highest BCUT2D eigenvalue weighted by molar-refractivity contribution is 7.71. The first-order valence-corrected chi connectivity index (χ1v) is 6.40. The summed E-state index contributed by atoms with van der Waals surface area (Å²) in [4.78, 5) is 10.2. The van der Waals surface area contributed by atoms with Crippen molar-refractivity contribution in [2.75, 3.05) is 0 Å². The lowest BCUT2D eigenvalue weighted by Crippen LogP contribution is -2.03. The number of aromatic nitrogens is 3. The van der Waals surface area contributed by atoms with Crippen LogP contribution in [0.2, 0.25) is 0 Å². The summed E-state index contributed by atoms with van der Waals surface area (Å²) < 4.78 is 1.98. The molecule has 0 spiro atoms. The van der Waals surface area contributed by atoms with Crippen molar-refractivity contribution in [1.29, 1.82) is 0 Å². The summed E-state index contributed by atoms with van der Waals surface area (Å²) in [5, 5.41) is 21.8. The second-order valence-corrected chi connectivity index (χ2v) is 4.49.